The van der Waals surface area contributed by atoms with Gasteiger partial charge in [-0.2, -0.15) is 0 Å². The molecular formula is C9H20N2O. The zero-order valence-electron chi connectivity index (χ0n) is 8.42. The number of hydrogen-bond acceptors (Lipinski definition) is 2. The van der Waals surface area contributed by atoms with E-state index >= 15 is 0 Å². The normalized spacial score (nSPS) is 18.1. The second kappa shape index (κ2) is 7.10. The minimum absolute atomic E-state index is 0.900. The highest BCUT2D eigenvalue weighted by Crippen LogP contribution is 1.97. The van der Waals surface area contributed by atoms with Crippen LogP contribution in [0.2, 0.25) is 0 Å². The van der Waals surface area contributed by atoms with Crippen LogP contribution in [-0.4, -0.2) is 48.9 Å². The topological polar surface area (TPSA) is 23.6 Å². The van der Waals surface area contributed by atoms with E-state index in [9.17, 15) is 4.79 Å². The Morgan fingerprint density at radius 3 is 2.00 bits per heavy atom. The van der Waals surface area contributed by atoms with E-state index in [1.807, 2.05) is 18.7 Å². The number of carbonyl (C=O) groups excluding carboxylic acids is 1. The van der Waals surface area contributed by atoms with E-state index in [0.717, 1.165) is 39.1 Å². The van der Waals surface area contributed by atoms with Crippen molar-refractivity contribution in [2.75, 3.05) is 32.7 Å². The molecular weight excluding hydrogens is 152 g/mol. The summed E-state index contributed by atoms with van der Waals surface area (Å²) in [4.78, 5) is 14.4. The van der Waals surface area contributed by atoms with Gasteiger partial charge < -0.3 is 9.80 Å². The number of amides is 1. The van der Waals surface area contributed by atoms with Crippen LogP contribution in [0.3, 0.4) is 0 Å². The fourth-order valence-corrected chi connectivity index (χ4v) is 1.18. The van der Waals surface area contributed by atoms with Crippen molar-refractivity contribution in [3.63, 3.8) is 0 Å². The van der Waals surface area contributed by atoms with Crippen LogP contribution in [-0.2, 0) is 4.79 Å². The molecule has 0 N–H and O–H groups in total. The molecule has 1 rings (SSSR count). The Hall–Kier alpha value is -0.570. The van der Waals surface area contributed by atoms with E-state index in [2.05, 4.69) is 11.8 Å². The maximum absolute atomic E-state index is 10.3. The van der Waals surface area contributed by atoms with Gasteiger partial charge in [0, 0.05) is 26.2 Å². The van der Waals surface area contributed by atoms with Gasteiger partial charge in [-0.1, -0.05) is 20.8 Å². The fourth-order valence-electron chi connectivity index (χ4n) is 1.18. The summed E-state index contributed by atoms with van der Waals surface area (Å²) in [5.74, 6) is 0. The summed E-state index contributed by atoms with van der Waals surface area (Å²) < 4.78 is 0. The van der Waals surface area contributed by atoms with E-state index in [-0.39, 0.29) is 0 Å². The molecule has 0 aliphatic carbocycles. The first kappa shape index (κ1) is 11.4. The highest BCUT2D eigenvalue weighted by atomic mass is 16.1. The Balaban J connectivity index is 0.000000561. The minimum Gasteiger partial charge on any atom is -0.343 e. The van der Waals surface area contributed by atoms with E-state index in [1.54, 1.807) is 0 Å². The molecule has 0 aromatic carbocycles. The van der Waals surface area contributed by atoms with Crippen LogP contribution in [0, 0.1) is 0 Å². The second-order valence-corrected chi connectivity index (χ2v) is 2.58. The van der Waals surface area contributed by atoms with Gasteiger partial charge in [0.1, 0.15) is 0 Å². The van der Waals surface area contributed by atoms with Crippen molar-refractivity contribution in [2.45, 2.75) is 20.8 Å². The first-order valence-corrected chi connectivity index (χ1v) is 4.78. The van der Waals surface area contributed by atoms with Crippen molar-refractivity contribution in [1.82, 2.24) is 9.80 Å². The molecule has 1 fully saturated rings. The van der Waals surface area contributed by atoms with Crippen LogP contribution in [0.4, 0.5) is 0 Å². The number of carbonyl (C=O) groups is 1. The van der Waals surface area contributed by atoms with Gasteiger partial charge in [0.2, 0.25) is 6.41 Å². The summed E-state index contributed by atoms with van der Waals surface area (Å²) >= 11 is 0. The van der Waals surface area contributed by atoms with Gasteiger partial charge in [-0.15, -0.1) is 0 Å². The van der Waals surface area contributed by atoms with Gasteiger partial charge in [0.25, 0.3) is 0 Å². The average Bonchev–Trinajstić information content (AvgIpc) is 2.21. The lowest BCUT2D eigenvalue weighted by atomic mass is 10.3. The largest absolute Gasteiger partial charge is 0.343 e. The molecule has 1 heterocycles. The van der Waals surface area contributed by atoms with E-state index in [0.29, 0.717) is 0 Å². The van der Waals surface area contributed by atoms with Crippen molar-refractivity contribution in [2.24, 2.45) is 0 Å². The monoisotopic (exact) mass is 172 g/mol. The molecule has 1 aliphatic rings. The SMILES string of the molecule is CC.CCN1CCN(C=O)CC1. The van der Waals surface area contributed by atoms with Gasteiger partial charge in [0.15, 0.2) is 0 Å². The smallest absolute Gasteiger partial charge is 0.209 e. The van der Waals surface area contributed by atoms with E-state index in [1.165, 1.54) is 0 Å². The molecule has 0 unspecified atom stereocenters. The average molecular weight is 172 g/mol. The highest BCUT2D eigenvalue weighted by Gasteiger charge is 2.12. The number of piperazine rings is 1. The molecule has 3 nitrogen and oxygen atoms in total. The predicted molar refractivity (Wildman–Crippen MR) is 51.1 cm³/mol. The molecule has 12 heavy (non-hydrogen) atoms. The first-order valence-electron chi connectivity index (χ1n) is 4.78. The molecule has 1 saturated heterocycles. The van der Waals surface area contributed by atoms with Crippen molar-refractivity contribution in [3.8, 4) is 0 Å². The fraction of sp³-hybridized carbons (Fsp3) is 0.889. The zero-order valence-corrected chi connectivity index (χ0v) is 8.42. The summed E-state index contributed by atoms with van der Waals surface area (Å²) in [6.07, 6.45) is 0.938. The van der Waals surface area contributed by atoms with Crippen LogP contribution in [0.25, 0.3) is 0 Å². The first-order chi connectivity index (χ1) is 5.86. The molecule has 0 aromatic rings. The van der Waals surface area contributed by atoms with Crippen LogP contribution >= 0.6 is 0 Å². The van der Waals surface area contributed by atoms with Gasteiger partial charge in [-0.25, -0.2) is 0 Å². The molecule has 0 aromatic heterocycles. The Morgan fingerprint density at radius 2 is 1.67 bits per heavy atom. The van der Waals surface area contributed by atoms with Crippen molar-refractivity contribution < 1.29 is 4.79 Å². The minimum atomic E-state index is 0.900. The van der Waals surface area contributed by atoms with Crippen LogP contribution < -0.4 is 0 Å². The summed E-state index contributed by atoms with van der Waals surface area (Å²) in [6.45, 7) is 11.1. The second-order valence-electron chi connectivity index (χ2n) is 2.58. The maximum atomic E-state index is 10.3. The van der Waals surface area contributed by atoms with Crippen LogP contribution in [0.15, 0.2) is 0 Å². The standard InChI is InChI=1S/C7H14N2O.C2H6/c1-2-8-3-5-9(7-10)6-4-8;1-2/h7H,2-6H2,1H3;1-2H3. The third-order valence-corrected chi connectivity index (χ3v) is 2.00. The highest BCUT2D eigenvalue weighted by molar-refractivity contribution is 5.47. The lowest BCUT2D eigenvalue weighted by molar-refractivity contribution is -0.119. The van der Waals surface area contributed by atoms with Crippen LogP contribution in [0.1, 0.15) is 20.8 Å². The van der Waals surface area contributed by atoms with Crippen molar-refractivity contribution >= 4 is 6.41 Å². The summed E-state index contributed by atoms with van der Waals surface area (Å²) in [6, 6.07) is 0. The molecule has 0 bridgehead atoms. The predicted octanol–water partition coefficient (Wildman–Crippen LogP) is 0.806. The third-order valence-electron chi connectivity index (χ3n) is 2.00. The van der Waals surface area contributed by atoms with Gasteiger partial charge in [-0.05, 0) is 6.54 Å². The molecule has 1 aliphatic heterocycles. The molecule has 0 atom stereocenters. The lowest BCUT2D eigenvalue weighted by Crippen LogP contribution is -2.45. The maximum Gasteiger partial charge on any atom is 0.209 e. The Labute approximate surface area is 75.3 Å². The molecule has 3 heteroatoms. The molecule has 1 amide bonds. The summed E-state index contributed by atoms with van der Waals surface area (Å²) in [5, 5.41) is 0. The summed E-state index contributed by atoms with van der Waals surface area (Å²) in [7, 11) is 0. The van der Waals surface area contributed by atoms with E-state index in [4.69, 9.17) is 0 Å². The Bertz CT molecular complexity index is 109. The third kappa shape index (κ3) is 3.72. The van der Waals surface area contributed by atoms with Crippen molar-refractivity contribution in [1.29, 1.82) is 0 Å². The Kier molecular flexibility index (Phi) is 6.76. The van der Waals surface area contributed by atoms with E-state index < -0.39 is 0 Å². The molecule has 0 radical (unpaired) electrons. The number of nitrogens with zero attached hydrogens (tertiary/aromatic N) is 2. The van der Waals surface area contributed by atoms with Gasteiger partial charge >= 0.3 is 0 Å². The molecule has 0 spiro atoms. The number of rotatable bonds is 2. The zero-order chi connectivity index (χ0) is 9.40. The van der Waals surface area contributed by atoms with Gasteiger partial charge in [-0.3, -0.25) is 4.79 Å². The molecule has 72 valence electrons. The quantitative estimate of drug-likeness (QED) is 0.575. The van der Waals surface area contributed by atoms with Gasteiger partial charge in [0.05, 0.1) is 0 Å². The molecule has 0 saturated carbocycles. The summed E-state index contributed by atoms with van der Waals surface area (Å²) in [5.41, 5.74) is 0. The lowest BCUT2D eigenvalue weighted by Gasteiger charge is -2.31. The number of hydrogen-bond donors (Lipinski definition) is 0. The number of likely N-dealkylation sites (N-methyl/N-ethyl adjacent to an activating group) is 1. The van der Waals surface area contributed by atoms with Crippen LogP contribution in [0.5, 0.6) is 0 Å². The van der Waals surface area contributed by atoms with Crippen molar-refractivity contribution in [3.05, 3.63) is 0 Å². The Morgan fingerprint density at radius 1 is 1.17 bits per heavy atom.